The summed E-state index contributed by atoms with van der Waals surface area (Å²) in [6.45, 7) is 17.0. The standard InChI is InChI=1S/C39H40N4Si.Pt/c1-27(2)28-21-22-40-38(23-28)43-34-16-9-8-15-32(34)33-20-19-31(25-37(33)43)44(6,7)30-14-12-13-29(24-30)41-26-42(39(3,4)5)36-18-11-10-17-35(36)41;/h8-23,27H,26H2,1-7H3;/q-2;+2. The molecule has 4 aromatic carbocycles. The summed E-state index contributed by atoms with van der Waals surface area (Å²) in [6.07, 6.45) is 1.94. The fraction of sp³-hybridized carbons (Fsp3) is 0.256. The predicted molar refractivity (Wildman–Crippen MR) is 189 cm³/mol. The monoisotopic (exact) mass is 787 g/mol. The molecule has 6 heteroatoms. The van der Waals surface area contributed by atoms with E-state index in [1.54, 1.807) is 0 Å². The van der Waals surface area contributed by atoms with E-state index in [0.717, 1.165) is 29.2 Å². The third-order valence-corrected chi connectivity index (χ3v) is 12.5. The number of para-hydroxylation sites is 3. The molecule has 7 rings (SSSR count). The van der Waals surface area contributed by atoms with Gasteiger partial charge < -0.3 is 14.4 Å². The number of hydrogen-bond acceptors (Lipinski definition) is 3. The van der Waals surface area contributed by atoms with Crippen molar-refractivity contribution in [2.75, 3.05) is 16.5 Å². The first-order valence-electron chi connectivity index (χ1n) is 15.6. The van der Waals surface area contributed by atoms with E-state index in [1.807, 2.05) is 6.20 Å². The van der Waals surface area contributed by atoms with Gasteiger partial charge in [0.25, 0.3) is 0 Å². The summed E-state index contributed by atoms with van der Waals surface area (Å²) in [7, 11) is -2.19. The number of nitrogens with zero attached hydrogens (tertiary/aromatic N) is 4. The molecule has 1 aliphatic heterocycles. The Kier molecular flexibility index (Phi) is 8.08. The van der Waals surface area contributed by atoms with E-state index in [4.69, 9.17) is 4.98 Å². The molecule has 1 aliphatic rings. The molecule has 6 aromatic rings. The molecule has 0 fully saturated rings. The van der Waals surface area contributed by atoms with Crippen LogP contribution < -0.4 is 20.2 Å². The Morgan fingerprint density at radius 2 is 1.49 bits per heavy atom. The second-order valence-electron chi connectivity index (χ2n) is 13.8. The first-order valence-corrected chi connectivity index (χ1v) is 18.6. The van der Waals surface area contributed by atoms with Crippen LogP contribution in [-0.2, 0) is 21.1 Å². The van der Waals surface area contributed by atoms with Gasteiger partial charge in [0.15, 0.2) is 0 Å². The molecule has 0 atom stereocenters. The number of hydrogen-bond donors (Lipinski definition) is 0. The van der Waals surface area contributed by atoms with Crippen LogP contribution in [0.3, 0.4) is 0 Å². The summed E-state index contributed by atoms with van der Waals surface area (Å²) in [5.41, 5.74) is 7.18. The van der Waals surface area contributed by atoms with Gasteiger partial charge >= 0.3 is 21.1 Å². The molecular weight excluding hydrogens is 748 g/mol. The van der Waals surface area contributed by atoms with E-state index < -0.39 is 8.07 Å². The molecule has 0 N–H and O–H groups in total. The molecular formula is C39H40N4PtSi. The topological polar surface area (TPSA) is 24.3 Å². The van der Waals surface area contributed by atoms with Gasteiger partial charge in [0.1, 0.15) is 5.82 Å². The summed E-state index contributed by atoms with van der Waals surface area (Å²) in [5.74, 6) is 1.37. The van der Waals surface area contributed by atoms with Crippen LogP contribution in [-0.4, -0.2) is 29.8 Å². The summed E-state index contributed by atoms with van der Waals surface area (Å²) >= 11 is 0. The van der Waals surface area contributed by atoms with Crippen LogP contribution in [0.2, 0.25) is 13.1 Å². The van der Waals surface area contributed by atoms with Crippen LogP contribution >= 0.6 is 0 Å². The van der Waals surface area contributed by atoms with Gasteiger partial charge in [0.2, 0.25) is 0 Å². The van der Waals surface area contributed by atoms with Crippen molar-refractivity contribution in [3.63, 3.8) is 0 Å². The second kappa shape index (κ2) is 11.6. The van der Waals surface area contributed by atoms with E-state index in [2.05, 4.69) is 165 Å². The number of fused-ring (bicyclic) bond motifs is 4. The maximum atomic E-state index is 4.85. The largest absolute Gasteiger partial charge is 2.00 e. The molecule has 0 amide bonds. The van der Waals surface area contributed by atoms with E-state index in [9.17, 15) is 0 Å². The van der Waals surface area contributed by atoms with Crippen molar-refractivity contribution < 1.29 is 21.1 Å². The first-order chi connectivity index (χ1) is 21.0. The Morgan fingerprint density at radius 3 is 2.24 bits per heavy atom. The molecule has 45 heavy (non-hydrogen) atoms. The molecule has 3 heterocycles. The molecule has 0 unspecified atom stereocenters. The van der Waals surface area contributed by atoms with E-state index in [-0.39, 0.29) is 26.6 Å². The van der Waals surface area contributed by atoms with Crippen molar-refractivity contribution in [3.05, 3.63) is 115 Å². The molecule has 0 radical (unpaired) electrons. The minimum Gasteiger partial charge on any atom is -0.347 e. The van der Waals surface area contributed by atoms with Crippen LogP contribution in [0.25, 0.3) is 27.6 Å². The van der Waals surface area contributed by atoms with Crippen LogP contribution in [0, 0.1) is 12.1 Å². The van der Waals surface area contributed by atoms with Crippen LogP contribution in [0.1, 0.15) is 46.1 Å². The number of aromatic nitrogens is 2. The number of rotatable bonds is 5. The molecule has 0 saturated carbocycles. The second-order valence-corrected chi connectivity index (χ2v) is 18.1. The molecule has 0 spiro atoms. The smallest absolute Gasteiger partial charge is 0.347 e. The SMILES string of the molecule is CC(C)c1ccnc(-n2c3[c-]c([Si](C)(C)c4[c-]c(N5CN(C(C)(C)C)c6ccccc65)ccc4)ccc3c3ccccc32)c1.[Pt+2]. The maximum absolute atomic E-state index is 4.85. The number of pyridine rings is 1. The van der Waals surface area contributed by atoms with Crippen LogP contribution in [0.4, 0.5) is 17.1 Å². The number of anilines is 3. The van der Waals surface area contributed by atoms with Gasteiger partial charge in [0.05, 0.1) is 26.1 Å². The summed E-state index contributed by atoms with van der Waals surface area (Å²) < 4.78 is 2.30. The summed E-state index contributed by atoms with van der Waals surface area (Å²) in [6, 6.07) is 40.8. The predicted octanol–water partition coefficient (Wildman–Crippen LogP) is 8.44. The van der Waals surface area contributed by atoms with Crippen molar-refractivity contribution in [1.29, 1.82) is 0 Å². The molecule has 0 aliphatic carbocycles. The minimum atomic E-state index is -2.19. The zero-order valence-electron chi connectivity index (χ0n) is 27.1. The average molecular weight is 788 g/mol. The van der Waals surface area contributed by atoms with E-state index in [0.29, 0.717) is 5.92 Å². The fourth-order valence-corrected chi connectivity index (χ4v) is 8.70. The quantitative estimate of drug-likeness (QED) is 0.130. The average Bonchev–Trinajstić information content (AvgIpc) is 3.58. The summed E-state index contributed by atoms with van der Waals surface area (Å²) in [4.78, 5) is 9.74. The van der Waals surface area contributed by atoms with E-state index in [1.165, 1.54) is 38.1 Å². The fourth-order valence-electron chi connectivity index (χ4n) is 6.53. The van der Waals surface area contributed by atoms with Crippen molar-refractivity contribution in [1.82, 2.24) is 9.55 Å². The van der Waals surface area contributed by atoms with Gasteiger partial charge in [-0.3, -0.25) is 0 Å². The Morgan fingerprint density at radius 1 is 0.778 bits per heavy atom. The van der Waals surface area contributed by atoms with Crippen molar-refractivity contribution in [3.8, 4) is 5.82 Å². The van der Waals surface area contributed by atoms with Crippen molar-refractivity contribution in [2.45, 2.75) is 59.2 Å². The molecule has 2 aromatic heterocycles. The van der Waals surface area contributed by atoms with Gasteiger partial charge in [-0.25, -0.2) is 4.98 Å². The number of benzene rings is 4. The normalized spacial score (nSPS) is 13.5. The Bertz CT molecular complexity index is 2020. The van der Waals surface area contributed by atoms with Crippen molar-refractivity contribution >= 4 is 57.3 Å². The van der Waals surface area contributed by atoms with Crippen molar-refractivity contribution in [2.24, 2.45) is 0 Å². The molecule has 0 bridgehead atoms. The molecule has 230 valence electrons. The van der Waals surface area contributed by atoms with E-state index >= 15 is 0 Å². The minimum absolute atomic E-state index is 0. The molecule has 0 saturated heterocycles. The van der Waals surface area contributed by atoms with Gasteiger partial charge in [-0.1, -0.05) is 68.5 Å². The Balaban J connectivity index is 0.00000357. The van der Waals surface area contributed by atoms with Gasteiger partial charge in [-0.15, -0.1) is 11.5 Å². The van der Waals surface area contributed by atoms with Gasteiger partial charge in [-0.05, 0) is 68.0 Å². The van der Waals surface area contributed by atoms with Crippen LogP contribution in [0.15, 0.2) is 97.2 Å². The zero-order chi connectivity index (χ0) is 30.8. The van der Waals surface area contributed by atoms with Crippen LogP contribution in [0.5, 0.6) is 0 Å². The third-order valence-electron chi connectivity index (χ3n) is 9.22. The van der Waals surface area contributed by atoms with Gasteiger partial charge in [-0.2, -0.15) is 46.8 Å². The maximum Gasteiger partial charge on any atom is 2.00 e. The molecule has 4 nitrogen and oxygen atoms in total. The van der Waals surface area contributed by atoms with Gasteiger partial charge in [0, 0.05) is 17.3 Å². The third kappa shape index (κ3) is 5.34. The summed E-state index contributed by atoms with van der Waals surface area (Å²) in [5, 5.41) is 4.98. The zero-order valence-corrected chi connectivity index (χ0v) is 30.4. The Labute approximate surface area is 283 Å². The first kappa shape index (κ1) is 31.3. The Hall–Kier alpha value is -3.66.